The van der Waals surface area contributed by atoms with Crippen molar-refractivity contribution in [2.45, 2.75) is 25.6 Å². The first kappa shape index (κ1) is 21.5. The summed E-state index contributed by atoms with van der Waals surface area (Å²) in [6.07, 6.45) is 7.43. The Bertz CT molecular complexity index is 1370. The molecule has 6 rings (SSSR count). The summed E-state index contributed by atoms with van der Waals surface area (Å²) >= 11 is 0. The molecule has 2 N–H and O–H groups in total. The van der Waals surface area contributed by atoms with Crippen molar-refractivity contribution in [2.24, 2.45) is 5.92 Å². The predicted octanol–water partition coefficient (Wildman–Crippen LogP) is 6.90. The summed E-state index contributed by atoms with van der Waals surface area (Å²) < 4.78 is 19.4. The Kier molecular flexibility index (Phi) is 5.72. The highest BCUT2D eigenvalue weighted by Gasteiger charge is 2.28. The lowest BCUT2D eigenvalue weighted by Crippen LogP contribution is -2.15. The molecule has 6 heteroatoms. The third-order valence-corrected chi connectivity index (χ3v) is 6.82. The summed E-state index contributed by atoms with van der Waals surface area (Å²) in [6.45, 7) is 0. The van der Waals surface area contributed by atoms with Crippen molar-refractivity contribution < 1.29 is 8.91 Å². The van der Waals surface area contributed by atoms with Gasteiger partial charge in [-0.15, -0.1) is 0 Å². The number of allylic oxidation sites excluding steroid dienone is 1. The first-order valence-electron chi connectivity index (χ1n) is 11.9. The number of fused-ring (bicyclic) bond motifs is 1. The summed E-state index contributed by atoms with van der Waals surface area (Å²) in [5.41, 5.74) is 13.9. The van der Waals surface area contributed by atoms with E-state index >= 15 is 0 Å². The van der Waals surface area contributed by atoms with E-state index in [9.17, 15) is 4.39 Å². The Hall–Kier alpha value is -4.03. The highest BCUT2D eigenvalue weighted by molar-refractivity contribution is 6.00. The molecule has 1 atom stereocenters. The highest BCUT2D eigenvalue weighted by atomic mass is 19.1. The first-order chi connectivity index (χ1) is 17.3. The number of halogens is 1. The van der Waals surface area contributed by atoms with Gasteiger partial charge in [0, 0.05) is 5.56 Å². The van der Waals surface area contributed by atoms with Crippen LogP contribution in [0.3, 0.4) is 0 Å². The molecule has 0 amide bonds. The van der Waals surface area contributed by atoms with E-state index in [4.69, 9.17) is 4.52 Å². The van der Waals surface area contributed by atoms with Gasteiger partial charge in [-0.2, -0.15) is 4.98 Å². The molecule has 1 fully saturated rings. The van der Waals surface area contributed by atoms with Crippen molar-refractivity contribution in [2.75, 3.05) is 5.43 Å². The van der Waals surface area contributed by atoms with Crippen LogP contribution in [-0.4, -0.2) is 10.1 Å². The van der Waals surface area contributed by atoms with Crippen molar-refractivity contribution in [1.82, 2.24) is 15.6 Å². The zero-order valence-electron chi connectivity index (χ0n) is 19.1. The Balaban J connectivity index is 1.49. The summed E-state index contributed by atoms with van der Waals surface area (Å²) in [4.78, 5) is 4.03. The molecule has 3 aromatic carbocycles. The van der Waals surface area contributed by atoms with Gasteiger partial charge in [0.05, 0.1) is 5.69 Å². The largest absolute Gasteiger partial charge is 0.342 e. The second-order valence-electron chi connectivity index (χ2n) is 8.96. The van der Waals surface area contributed by atoms with Gasteiger partial charge >= 0.3 is 0 Å². The zero-order valence-corrected chi connectivity index (χ0v) is 19.1. The maximum absolute atomic E-state index is 14.6. The molecular formula is C29H25FN4O. The van der Waals surface area contributed by atoms with Gasteiger partial charge in [-0.3, -0.25) is 0 Å². The fraction of sp³-hybridized carbons (Fsp3) is 0.172. The van der Waals surface area contributed by atoms with Gasteiger partial charge in [0.1, 0.15) is 0 Å². The van der Waals surface area contributed by atoms with E-state index < -0.39 is 6.30 Å². The molecule has 0 spiro atoms. The van der Waals surface area contributed by atoms with Gasteiger partial charge in [0.2, 0.25) is 6.39 Å². The van der Waals surface area contributed by atoms with E-state index in [1.807, 2.05) is 30.4 Å². The fourth-order valence-electron chi connectivity index (χ4n) is 4.82. The third-order valence-electron chi connectivity index (χ3n) is 6.82. The van der Waals surface area contributed by atoms with Crippen LogP contribution in [0.5, 0.6) is 0 Å². The second kappa shape index (κ2) is 9.31. The van der Waals surface area contributed by atoms with E-state index in [-0.39, 0.29) is 0 Å². The van der Waals surface area contributed by atoms with Crippen LogP contribution in [0.15, 0.2) is 83.7 Å². The van der Waals surface area contributed by atoms with Crippen LogP contribution in [-0.2, 0) is 0 Å². The van der Waals surface area contributed by atoms with Gasteiger partial charge in [0.15, 0.2) is 12.1 Å². The lowest BCUT2D eigenvalue weighted by atomic mass is 9.73. The molecular weight excluding hydrogens is 439 g/mol. The van der Waals surface area contributed by atoms with E-state index in [1.165, 1.54) is 36.8 Å². The predicted molar refractivity (Wildman–Crippen MR) is 136 cm³/mol. The molecule has 1 aliphatic heterocycles. The number of alkyl halides is 1. The van der Waals surface area contributed by atoms with Crippen LogP contribution in [0.1, 0.15) is 59.2 Å². The minimum atomic E-state index is -1.23. The van der Waals surface area contributed by atoms with Crippen LogP contribution < -0.4 is 10.9 Å². The minimum Gasteiger partial charge on any atom is -0.342 e. The lowest BCUT2D eigenvalue weighted by molar-refractivity contribution is 0.314. The Morgan fingerprint density at radius 2 is 1.71 bits per heavy atom. The number of hydrazine groups is 1. The molecule has 174 valence electrons. The second-order valence-corrected chi connectivity index (χ2v) is 8.96. The molecule has 1 unspecified atom stereocenters. The number of hydrogen-bond acceptors (Lipinski definition) is 5. The number of aromatic nitrogens is 2. The van der Waals surface area contributed by atoms with Crippen molar-refractivity contribution >= 4 is 29.0 Å². The number of hydrogen-bond donors (Lipinski definition) is 2. The van der Waals surface area contributed by atoms with Gasteiger partial charge in [-0.05, 0) is 70.4 Å². The molecule has 1 aliphatic carbocycles. The summed E-state index contributed by atoms with van der Waals surface area (Å²) in [7, 11) is 0. The molecule has 1 aromatic heterocycles. The van der Waals surface area contributed by atoms with Crippen LogP contribution in [0.2, 0.25) is 0 Å². The molecule has 2 aliphatic rings. The van der Waals surface area contributed by atoms with Crippen molar-refractivity contribution in [1.29, 1.82) is 0 Å². The summed E-state index contributed by atoms with van der Waals surface area (Å²) in [5.74, 6) is 1.02. The van der Waals surface area contributed by atoms with E-state index in [0.29, 0.717) is 17.3 Å². The Labute approximate surface area is 203 Å². The van der Waals surface area contributed by atoms with Crippen LogP contribution in [0, 0.1) is 5.92 Å². The van der Waals surface area contributed by atoms with Crippen molar-refractivity contribution in [3.05, 3.63) is 113 Å². The quantitative estimate of drug-likeness (QED) is 0.240. The number of nitrogens with one attached hydrogen (secondary N) is 2. The van der Waals surface area contributed by atoms with Crippen molar-refractivity contribution in [3.8, 4) is 0 Å². The minimum absolute atomic E-state index is 0.482. The Morgan fingerprint density at radius 1 is 0.914 bits per heavy atom. The van der Waals surface area contributed by atoms with Crippen LogP contribution in [0.25, 0.3) is 23.3 Å². The molecule has 5 nitrogen and oxygen atoms in total. The molecule has 0 bridgehead atoms. The summed E-state index contributed by atoms with van der Waals surface area (Å²) in [6, 6.07) is 25.1. The normalized spacial score (nSPS) is 18.1. The highest BCUT2D eigenvalue weighted by Crippen LogP contribution is 2.46. The van der Waals surface area contributed by atoms with Crippen molar-refractivity contribution in [3.63, 3.8) is 0 Å². The lowest BCUT2D eigenvalue weighted by Gasteiger charge is -2.31. The van der Waals surface area contributed by atoms with Gasteiger partial charge in [-0.1, -0.05) is 78.3 Å². The summed E-state index contributed by atoms with van der Waals surface area (Å²) in [5, 5.41) is 3.82. The average Bonchev–Trinajstić information content (AvgIpc) is 3.52. The van der Waals surface area contributed by atoms with E-state index in [1.54, 1.807) is 0 Å². The number of anilines is 1. The molecule has 1 saturated carbocycles. The standard InChI is InChI=1S/C29H25FN4O/c30-29-24-17-23(14-15-25(24)32-33-29)28(27(21-7-4-8-21)20-5-2-1-3-6-20)22-12-9-19(10-13-22)11-16-26-31-18-35-34-26/h1-3,5-6,9-18,21,29,32-33H,4,7-8H2/b16-11+,28-27-. The van der Waals surface area contributed by atoms with Gasteiger partial charge < -0.3 is 9.95 Å². The zero-order chi connectivity index (χ0) is 23.6. The third kappa shape index (κ3) is 4.29. The molecule has 0 radical (unpaired) electrons. The van der Waals surface area contributed by atoms with Crippen LogP contribution >= 0.6 is 0 Å². The first-order valence-corrected chi connectivity index (χ1v) is 11.9. The molecule has 0 saturated heterocycles. The monoisotopic (exact) mass is 464 g/mol. The van der Waals surface area contributed by atoms with Crippen LogP contribution in [0.4, 0.5) is 10.1 Å². The maximum Gasteiger partial charge on any atom is 0.214 e. The fourth-order valence-corrected chi connectivity index (χ4v) is 4.82. The number of benzene rings is 3. The number of nitrogens with zero attached hydrogens (tertiary/aromatic N) is 2. The topological polar surface area (TPSA) is 63.0 Å². The average molecular weight is 465 g/mol. The smallest absolute Gasteiger partial charge is 0.214 e. The molecule has 4 aromatic rings. The van der Waals surface area contributed by atoms with Gasteiger partial charge in [-0.25, -0.2) is 9.82 Å². The van der Waals surface area contributed by atoms with Gasteiger partial charge in [0.25, 0.3) is 0 Å². The SMILES string of the molecule is FC1NNc2ccc(/C(=C(/c3ccccc3)C3CCC3)c3ccc(/C=C/c4ncon4)cc3)cc21. The Morgan fingerprint density at radius 3 is 2.43 bits per heavy atom. The van der Waals surface area contributed by atoms with E-state index in [0.717, 1.165) is 28.0 Å². The molecule has 2 heterocycles. The molecule has 35 heavy (non-hydrogen) atoms. The number of rotatable bonds is 6. The van der Waals surface area contributed by atoms with E-state index in [2.05, 4.69) is 75.6 Å². The maximum atomic E-state index is 14.6.